The van der Waals surface area contributed by atoms with Crippen LogP contribution in [0.25, 0.3) is 0 Å². The molecular weight excluding hydrogens is 242 g/mol. The molecule has 1 aliphatic carbocycles. The minimum absolute atomic E-state index is 0.200. The van der Waals surface area contributed by atoms with E-state index >= 15 is 0 Å². The first-order chi connectivity index (χ1) is 9.06. The van der Waals surface area contributed by atoms with E-state index in [0.29, 0.717) is 18.0 Å². The highest BCUT2D eigenvalue weighted by Crippen LogP contribution is 2.28. The molecule has 0 atom stereocenters. The Morgan fingerprint density at radius 1 is 1.21 bits per heavy atom. The highest BCUT2D eigenvalue weighted by Gasteiger charge is 2.19. The number of hydrogen-bond donors (Lipinski definition) is 3. The third-order valence-electron chi connectivity index (χ3n) is 3.92. The van der Waals surface area contributed by atoms with Gasteiger partial charge in [-0.3, -0.25) is 4.79 Å². The number of phenolic OH excluding ortho intramolecular Hbond substituents is 2. The summed E-state index contributed by atoms with van der Waals surface area (Å²) in [6.45, 7) is 2.96. The molecule has 1 fully saturated rings. The summed E-state index contributed by atoms with van der Waals surface area (Å²) < 4.78 is 0. The summed E-state index contributed by atoms with van der Waals surface area (Å²) in [5.41, 5.74) is 0.375. The van der Waals surface area contributed by atoms with Gasteiger partial charge in [-0.25, -0.2) is 0 Å². The Morgan fingerprint density at radius 3 is 2.53 bits per heavy atom. The van der Waals surface area contributed by atoms with E-state index in [1.165, 1.54) is 43.9 Å². The molecule has 4 nitrogen and oxygen atoms in total. The molecule has 19 heavy (non-hydrogen) atoms. The molecular formula is C15H21NO3. The second-order valence-electron chi connectivity index (χ2n) is 5.54. The van der Waals surface area contributed by atoms with Gasteiger partial charge in [0.05, 0.1) is 0 Å². The lowest BCUT2D eigenvalue weighted by Crippen LogP contribution is -2.31. The van der Waals surface area contributed by atoms with Crippen LogP contribution in [0.4, 0.5) is 0 Å². The quantitative estimate of drug-likeness (QED) is 0.734. The number of benzene rings is 1. The van der Waals surface area contributed by atoms with Crippen molar-refractivity contribution in [3.63, 3.8) is 0 Å². The Morgan fingerprint density at radius 2 is 1.89 bits per heavy atom. The van der Waals surface area contributed by atoms with Gasteiger partial charge in [0.15, 0.2) is 11.5 Å². The predicted molar refractivity (Wildman–Crippen MR) is 73.2 cm³/mol. The number of rotatable bonds is 3. The zero-order valence-corrected chi connectivity index (χ0v) is 11.2. The highest BCUT2D eigenvalue weighted by atomic mass is 16.3. The average Bonchev–Trinajstić information content (AvgIpc) is 2.41. The lowest BCUT2D eigenvalue weighted by atomic mass is 9.83. The molecule has 3 N–H and O–H groups in total. The molecule has 104 valence electrons. The molecule has 0 aromatic heterocycles. The van der Waals surface area contributed by atoms with Gasteiger partial charge < -0.3 is 15.5 Å². The van der Waals surface area contributed by atoms with Crippen molar-refractivity contribution >= 4 is 5.91 Å². The van der Waals surface area contributed by atoms with Gasteiger partial charge in [0.1, 0.15) is 0 Å². The lowest BCUT2D eigenvalue weighted by molar-refractivity contribution is 0.0941. The maximum absolute atomic E-state index is 11.9. The van der Waals surface area contributed by atoms with Crippen molar-refractivity contribution in [1.82, 2.24) is 5.32 Å². The molecule has 1 aromatic carbocycles. The molecule has 0 aliphatic heterocycles. The van der Waals surface area contributed by atoms with E-state index < -0.39 is 0 Å². The van der Waals surface area contributed by atoms with E-state index in [9.17, 15) is 15.0 Å². The van der Waals surface area contributed by atoms with Gasteiger partial charge in [0, 0.05) is 12.1 Å². The van der Waals surface area contributed by atoms with Gasteiger partial charge in [-0.05, 0) is 42.9 Å². The Hall–Kier alpha value is -1.71. The maximum Gasteiger partial charge on any atom is 0.251 e. The van der Waals surface area contributed by atoms with Crippen LogP contribution < -0.4 is 5.32 Å². The van der Waals surface area contributed by atoms with E-state index in [-0.39, 0.29) is 17.4 Å². The molecule has 1 aromatic rings. The van der Waals surface area contributed by atoms with Gasteiger partial charge in [0.25, 0.3) is 5.91 Å². The van der Waals surface area contributed by atoms with Gasteiger partial charge in [-0.2, -0.15) is 0 Å². The molecule has 0 radical (unpaired) electrons. The fourth-order valence-corrected chi connectivity index (χ4v) is 2.54. The molecule has 1 aliphatic rings. The summed E-state index contributed by atoms with van der Waals surface area (Å²) in [6.07, 6.45) is 4.81. The van der Waals surface area contributed by atoms with Crippen molar-refractivity contribution in [3.05, 3.63) is 23.8 Å². The predicted octanol–water partition coefficient (Wildman–Crippen LogP) is 2.65. The number of hydrogen-bond acceptors (Lipinski definition) is 3. The molecule has 0 bridgehead atoms. The summed E-state index contributed by atoms with van der Waals surface area (Å²) in [7, 11) is 0. The topological polar surface area (TPSA) is 69.6 Å². The molecule has 0 unspecified atom stereocenters. The second kappa shape index (κ2) is 5.95. The van der Waals surface area contributed by atoms with E-state index in [2.05, 4.69) is 12.2 Å². The maximum atomic E-state index is 11.9. The molecule has 1 saturated carbocycles. The largest absolute Gasteiger partial charge is 0.504 e. The summed E-state index contributed by atoms with van der Waals surface area (Å²) in [5, 5.41) is 21.5. The van der Waals surface area contributed by atoms with E-state index in [4.69, 9.17) is 0 Å². The van der Waals surface area contributed by atoms with Gasteiger partial charge in [0.2, 0.25) is 0 Å². The molecule has 0 spiro atoms. The standard InChI is InChI=1S/C15H21NO3/c1-10-2-4-11(5-3-10)9-16-15(19)12-6-7-13(17)14(18)8-12/h6-8,10-11,17-18H,2-5,9H2,1H3,(H,16,19). The minimum atomic E-state index is -0.265. The van der Waals surface area contributed by atoms with Crippen LogP contribution in [0.5, 0.6) is 11.5 Å². The fourth-order valence-electron chi connectivity index (χ4n) is 2.54. The van der Waals surface area contributed by atoms with Crippen molar-refractivity contribution in [1.29, 1.82) is 0 Å². The molecule has 0 saturated heterocycles. The lowest BCUT2D eigenvalue weighted by Gasteiger charge is -2.26. The van der Waals surface area contributed by atoms with Crippen LogP contribution in [-0.4, -0.2) is 22.7 Å². The van der Waals surface area contributed by atoms with Gasteiger partial charge in [-0.15, -0.1) is 0 Å². The zero-order valence-electron chi connectivity index (χ0n) is 11.2. The highest BCUT2D eigenvalue weighted by molar-refractivity contribution is 5.94. The van der Waals surface area contributed by atoms with Crippen LogP contribution in [0.15, 0.2) is 18.2 Å². The second-order valence-corrected chi connectivity index (χ2v) is 5.54. The molecule has 1 amide bonds. The third kappa shape index (κ3) is 3.63. The summed E-state index contributed by atoms with van der Waals surface area (Å²) in [6, 6.07) is 4.12. The molecule has 2 rings (SSSR count). The number of aromatic hydroxyl groups is 2. The van der Waals surface area contributed by atoms with E-state index in [0.717, 1.165) is 5.92 Å². The van der Waals surface area contributed by atoms with Crippen molar-refractivity contribution in [2.75, 3.05) is 6.54 Å². The van der Waals surface area contributed by atoms with Gasteiger partial charge in [-0.1, -0.05) is 19.8 Å². The van der Waals surface area contributed by atoms with Crippen LogP contribution in [0.2, 0.25) is 0 Å². The number of amides is 1. The monoisotopic (exact) mass is 263 g/mol. The average molecular weight is 263 g/mol. The number of carbonyl (C=O) groups excluding carboxylic acids is 1. The van der Waals surface area contributed by atoms with Crippen molar-refractivity contribution in [2.45, 2.75) is 32.6 Å². The van der Waals surface area contributed by atoms with E-state index in [1.807, 2.05) is 0 Å². The van der Waals surface area contributed by atoms with Crippen molar-refractivity contribution in [2.24, 2.45) is 11.8 Å². The Bertz CT molecular complexity index is 451. The minimum Gasteiger partial charge on any atom is -0.504 e. The Kier molecular flexibility index (Phi) is 4.30. The Labute approximate surface area is 113 Å². The zero-order chi connectivity index (χ0) is 13.8. The first kappa shape index (κ1) is 13.7. The smallest absolute Gasteiger partial charge is 0.251 e. The summed E-state index contributed by atoms with van der Waals surface area (Å²) in [4.78, 5) is 11.9. The summed E-state index contributed by atoms with van der Waals surface area (Å²) in [5.74, 6) is 0.692. The van der Waals surface area contributed by atoms with Crippen molar-refractivity contribution < 1.29 is 15.0 Å². The van der Waals surface area contributed by atoms with Gasteiger partial charge >= 0.3 is 0 Å². The van der Waals surface area contributed by atoms with Crippen LogP contribution in [0.3, 0.4) is 0 Å². The first-order valence-electron chi connectivity index (χ1n) is 6.86. The van der Waals surface area contributed by atoms with Crippen LogP contribution in [0.1, 0.15) is 43.0 Å². The van der Waals surface area contributed by atoms with Crippen LogP contribution in [0, 0.1) is 11.8 Å². The fraction of sp³-hybridized carbons (Fsp3) is 0.533. The molecule has 4 heteroatoms. The number of carbonyl (C=O) groups is 1. The molecule has 0 heterocycles. The van der Waals surface area contributed by atoms with Crippen molar-refractivity contribution in [3.8, 4) is 11.5 Å². The third-order valence-corrected chi connectivity index (χ3v) is 3.92. The number of phenols is 2. The first-order valence-corrected chi connectivity index (χ1v) is 6.86. The summed E-state index contributed by atoms with van der Waals surface area (Å²) >= 11 is 0. The normalized spacial score (nSPS) is 23.0. The van der Waals surface area contributed by atoms with E-state index in [1.54, 1.807) is 0 Å². The Balaban J connectivity index is 1.85. The van der Waals surface area contributed by atoms with Crippen LogP contribution >= 0.6 is 0 Å². The number of nitrogens with one attached hydrogen (secondary N) is 1. The van der Waals surface area contributed by atoms with Crippen LogP contribution in [-0.2, 0) is 0 Å². The SMILES string of the molecule is CC1CCC(CNC(=O)c2ccc(O)c(O)c2)CC1.